The predicted molar refractivity (Wildman–Crippen MR) is 102 cm³/mol. The summed E-state index contributed by atoms with van der Waals surface area (Å²) < 4.78 is 29.0. The Bertz CT molecular complexity index is 1140. The second-order valence-electron chi connectivity index (χ2n) is 6.17. The minimum absolute atomic E-state index is 0.202. The normalized spacial score (nSPS) is 11.0. The molecule has 0 saturated carbocycles. The van der Waals surface area contributed by atoms with Gasteiger partial charge in [-0.3, -0.25) is 4.98 Å². The number of anilines is 1. The highest BCUT2D eigenvalue weighted by Crippen LogP contribution is 2.32. The van der Waals surface area contributed by atoms with Crippen LogP contribution < -0.4 is 5.32 Å². The van der Waals surface area contributed by atoms with Crippen LogP contribution in [0, 0.1) is 18.6 Å². The molecule has 27 heavy (non-hydrogen) atoms. The zero-order valence-corrected chi connectivity index (χ0v) is 14.8. The van der Waals surface area contributed by atoms with Crippen molar-refractivity contribution in [2.75, 3.05) is 12.4 Å². The van der Waals surface area contributed by atoms with Gasteiger partial charge in [0.05, 0.1) is 0 Å². The standard InChI is InChI=1S/C21H16F2N4/c1-12-10-13(5-8-17(12)22)15-6-7-16-19(18(15)23)26-20(27-21(16)24-2)14-4-3-9-25-11-14/h3-11H,1-2H3,(H,24,26,27). The number of nitrogens with one attached hydrogen (secondary N) is 1. The van der Waals surface area contributed by atoms with Gasteiger partial charge in [0.2, 0.25) is 0 Å². The van der Waals surface area contributed by atoms with Crippen molar-refractivity contribution in [3.05, 3.63) is 72.1 Å². The average Bonchev–Trinajstić information content (AvgIpc) is 2.70. The summed E-state index contributed by atoms with van der Waals surface area (Å²) in [5.41, 5.74) is 2.32. The number of aryl methyl sites for hydroxylation is 1. The smallest absolute Gasteiger partial charge is 0.163 e. The molecule has 6 heteroatoms. The third kappa shape index (κ3) is 2.99. The number of fused-ring (bicyclic) bond motifs is 1. The fourth-order valence-electron chi connectivity index (χ4n) is 3.01. The number of rotatable bonds is 3. The highest BCUT2D eigenvalue weighted by molar-refractivity contribution is 5.94. The molecule has 2 heterocycles. The molecular weight excluding hydrogens is 346 g/mol. The number of hydrogen-bond acceptors (Lipinski definition) is 4. The Labute approximate surface area is 154 Å². The fraction of sp³-hybridized carbons (Fsp3) is 0.0952. The van der Waals surface area contributed by atoms with Crippen LogP contribution in [0.3, 0.4) is 0 Å². The highest BCUT2D eigenvalue weighted by Gasteiger charge is 2.16. The highest BCUT2D eigenvalue weighted by atomic mass is 19.1. The van der Waals surface area contributed by atoms with Crippen molar-refractivity contribution in [2.24, 2.45) is 0 Å². The van der Waals surface area contributed by atoms with Crippen molar-refractivity contribution in [2.45, 2.75) is 6.92 Å². The number of hydrogen-bond donors (Lipinski definition) is 1. The first kappa shape index (κ1) is 17.0. The van der Waals surface area contributed by atoms with E-state index in [1.165, 1.54) is 6.07 Å². The van der Waals surface area contributed by atoms with Gasteiger partial charge in [-0.2, -0.15) is 0 Å². The molecule has 4 nitrogen and oxygen atoms in total. The first-order chi connectivity index (χ1) is 13.1. The minimum Gasteiger partial charge on any atom is -0.373 e. The van der Waals surface area contributed by atoms with Crippen LogP contribution in [0.2, 0.25) is 0 Å². The number of benzene rings is 2. The molecule has 134 valence electrons. The van der Waals surface area contributed by atoms with Crippen LogP contribution in [0.5, 0.6) is 0 Å². The quantitative estimate of drug-likeness (QED) is 0.558. The Balaban J connectivity index is 1.97. The molecule has 0 atom stereocenters. The monoisotopic (exact) mass is 362 g/mol. The van der Waals surface area contributed by atoms with E-state index in [-0.39, 0.29) is 11.3 Å². The van der Waals surface area contributed by atoms with Crippen molar-refractivity contribution in [3.8, 4) is 22.5 Å². The van der Waals surface area contributed by atoms with E-state index in [1.807, 2.05) is 6.07 Å². The SMILES string of the molecule is CNc1nc(-c2cccnc2)nc2c(F)c(-c3ccc(F)c(C)c3)ccc12. The molecule has 0 spiro atoms. The average molecular weight is 362 g/mol. The molecule has 0 aliphatic carbocycles. The first-order valence-electron chi connectivity index (χ1n) is 8.43. The molecule has 4 aromatic rings. The van der Waals surface area contributed by atoms with Gasteiger partial charge in [-0.25, -0.2) is 18.7 Å². The van der Waals surface area contributed by atoms with Crippen molar-refractivity contribution in [1.29, 1.82) is 0 Å². The molecule has 0 aliphatic heterocycles. The number of halogens is 2. The molecular formula is C21H16F2N4. The lowest BCUT2D eigenvalue weighted by atomic mass is 10.0. The van der Waals surface area contributed by atoms with Gasteiger partial charge in [0.1, 0.15) is 17.2 Å². The summed E-state index contributed by atoms with van der Waals surface area (Å²) in [6.45, 7) is 1.65. The molecule has 4 rings (SSSR count). The van der Waals surface area contributed by atoms with Crippen LogP contribution in [-0.4, -0.2) is 22.0 Å². The first-order valence-corrected chi connectivity index (χ1v) is 8.43. The molecule has 0 saturated heterocycles. The molecule has 0 bridgehead atoms. The summed E-state index contributed by atoms with van der Waals surface area (Å²) in [7, 11) is 1.73. The van der Waals surface area contributed by atoms with E-state index in [2.05, 4.69) is 20.3 Å². The second kappa shape index (κ2) is 6.72. The van der Waals surface area contributed by atoms with Gasteiger partial charge >= 0.3 is 0 Å². The van der Waals surface area contributed by atoms with Crippen molar-refractivity contribution in [3.63, 3.8) is 0 Å². The number of nitrogens with zero attached hydrogens (tertiary/aromatic N) is 3. The maximum Gasteiger partial charge on any atom is 0.163 e. The lowest BCUT2D eigenvalue weighted by molar-refractivity contribution is 0.618. The zero-order valence-electron chi connectivity index (χ0n) is 14.8. The third-order valence-corrected chi connectivity index (χ3v) is 4.43. The minimum atomic E-state index is -0.470. The van der Waals surface area contributed by atoms with Crippen LogP contribution in [0.15, 0.2) is 54.9 Å². The van der Waals surface area contributed by atoms with E-state index in [4.69, 9.17) is 0 Å². The maximum absolute atomic E-state index is 15.4. The molecule has 2 aromatic heterocycles. The molecule has 0 unspecified atom stereocenters. The summed E-state index contributed by atoms with van der Waals surface area (Å²) in [6.07, 6.45) is 3.28. The number of aromatic nitrogens is 3. The van der Waals surface area contributed by atoms with E-state index >= 15 is 4.39 Å². The van der Waals surface area contributed by atoms with Gasteiger partial charge in [-0.1, -0.05) is 12.1 Å². The van der Waals surface area contributed by atoms with Crippen molar-refractivity contribution < 1.29 is 8.78 Å². The van der Waals surface area contributed by atoms with Gasteiger partial charge in [0.25, 0.3) is 0 Å². The summed E-state index contributed by atoms with van der Waals surface area (Å²) in [5.74, 6) is 0.118. The molecule has 1 N–H and O–H groups in total. The van der Waals surface area contributed by atoms with E-state index in [9.17, 15) is 4.39 Å². The zero-order chi connectivity index (χ0) is 19.0. The van der Waals surface area contributed by atoms with Gasteiger partial charge in [0, 0.05) is 36.0 Å². The van der Waals surface area contributed by atoms with Crippen LogP contribution in [-0.2, 0) is 0 Å². The summed E-state index contributed by atoms with van der Waals surface area (Å²) in [5, 5.41) is 3.57. The van der Waals surface area contributed by atoms with Crippen LogP contribution in [0.4, 0.5) is 14.6 Å². The topological polar surface area (TPSA) is 50.7 Å². The molecule has 0 aliphatic rings. The Kier molecular flexibility index (Phi) is 4.24. The third-order valence-electron chi connectivity index (χ3n) is 4.43. The predicted octanol–water partition coefficient (Wildman–Crippen LogP) is 4.99. The lowest BCUT2D eigenvalue weighted by Crippen LogP contribution is -2.01. The van der Waals surface area contributed by atoms with E-state index in [0.717, 1.165) is 0 Å². The fourth-order valence-corrected chi connectivity index (χ4v) is 3.01. The lowest BCUT2D eigenvalue weighted by Gasteiger charge is -2.12. The van der Waals surface area contributed by atoms with E-state index < -0.39 is 5.82 Å². The number of pyridine rings is 1. The van der Waals surface area contributed by atoms with Crippen LogP contribution in [0.1, 0.15) is 5.56 Å². The van der Waals surface area contributed by atoms with Crippen LogP contribution >= 0.6 is 0 Å². The summed E-state index contributed by atoms with van der Waals surface area (Å²) in [4.78, 5) is 13.0. The Morgan fingerprint density at radius 3 is 2.52 bits per heavy atom. The summed E-state index contributed by atoms with van der Waals surface area (Å²) >= 11 is 0. The van der Waals surface area contributed by atoms with Gasteiger partial charge in [0.15, 0.2) is 11.6 Å². The van der Waals surface area contributed by atoms with Crippen molar-refractivity contribution >= 4 is 16.7 Å². The van der Waals surface area contributed by atoms with Gasteiger partial charge in [-0.15, -0.1) is 0 Å². The Morgan fingerprint density at radius 1 is 0.963 bits per heavy atom. The van der Waals surface area contributed by atoms with E-state index in [1.54, 1.807) is 56.7 Å². The maximum atomic E-state index is 15.4. The van der Waals surface area contributed by atoms with Crippen LogP contribution in [0.25, 0.3) is 33.4 Å². The largest absolute Gasteiger partial charge is 0.373 e. The van der Waals surface area contributed by atoms with E-state index in [0.29, 0.717) is 39.3 Å². The van der Waals surface area contributed by atoms with Crippen molar-refractivity contribution in [1.82, 2.24) is 15.0 Å². The second-order valence-corrected chi connectivity index (χ2v) is 6.17. The molecule has 0 amide bonds. The van der Waals surface area contributed by atoms with Gasteiger partial charge in [-0.05, 0) is 48.4 Å². The summed E-state index contributed by atoms with van der Waals surface area (Å²) in [6, 6.07) is 11.6. The molecule has 0 radical (unpaired) electrons. The molecule has 0 fully saturated rings. The Hall–Kier alpha value is -3.41. The van der Waals surface area contributed by atoms with Gasteiger partial charge < -0.3 is 5.32 Å². The molecule has 2 aromatic carbocycles. The Morgan fingerprint density at radius 2 is 1.81 bits per heavy atom.